The highest BCUT2D eigenvalue weighted by Gasteiger charge is 2.53. The van der Waals surface area contributed by atoms with Crippen LogP contribution in [0.3, 0.4) is 0 Å². The number of para-hydroxylation sites is 1. The van der Waals surface area contributed by atoms with E-state index in [4.69, 9.17) is 0 Å². The van der Waals surface area contributed by atoms with Crippen molar-refractivity contribution in [3.05, 3.63) is 173 Å². The van der Waals surface area contributed by atoms with Gasteiger partial charge >= 0.3 is 0 Å². The van der Waals surface area contributed by atoms with Gasteiger partial charge in [0.05, 0.1) is 16.4 Å². The zero-order valence-corrected chi connectivity index (χ0v) is 26.3. The first-order valence-corrected chi connectivity index (χ1v) is 16.4. The van der Waals surface area contributed by atoms with Crippen LogP contribution in [0.5, 0.6) is 0 Å². The molecule has 1 heterocycles. The lowest BCUT2D eigenvalue weighted by Crippen LogP contribution is -2.27. The summed E-state index contributed by atoms with van der Waals surface area (Å²) in [5.41, 5.74) is 15.6. The Kier molecular flexibility index (Phi) is 4.99. The average molecular weight is 588 g/mol. The lowest BCUT2D eigenvalue weighted by molar-refractivity contribution is 0.588. The van der Waals surface area contributed by atoms with Crippen LogP contribution >= 0.6 is 0 Å². The maximum atomic E-state index is 2.55. The highest BCUT2D eigenvalue weighted by atomic mass is 15.0. The van der Waals surface area contributed by atoms with E-state index in [0.717, 1.165) is 0 Å². The van der Waals surface area contributed by atoms with Gasteiger partial charge in [0.25, 0.3) is 0 Å². The molecule has 2 aliphatic rings. The maximum Gasteiger partial charge on any atom is 0.0746 e. The van der Waals surface area contributed by atoms with E-state index in [-0.39, 0.29) is 5.41 Å². The molecule has 0 N–H and O–H groups in total. The molecule has 1 spiro atoms. The summed E-state index contributed by atoms with van der Waals surface area (Å²) in [6.07, 6.45) is 0. The fourth-order valence-corrected chi connectivity index (χ4v) is 8.73. The Bertz CT molecular complexity index is 2560. The first kappa shape index (κ1) is 25.9. The number of hydrogen-bond acceptors (Lipinski definition) is 0. The standard InChI is InChI=1S/C45H33N/c1-44(2,3)30-21-23-34-32-14-6-9-17-38(32)45(40(34)27-30)39-18-10-7-15-33(39)36-24-25-37-35-16-8-11-19-41(35)46(43(37)42(36)45)31-22-20-28-12-4-5-13-29(28)26-31/h4-27H,1-3H3. The predicted octanol–water partition coefficient (Wildman–Crippen LogP) is 11.6. The minimum absolute atomic E-state index is 0.0257. The first-order valence-electron chi connectivity index (χ1n) is 16.4. The molecule has 1 atom stereocenters. The molecule has 2 aliphatic carbocycles. The Morgan fingerprint density at radius 2 is 1.11 bits per heavy atom. The number of benzene rings is 7. The van der Waals surface area contributed by atoms with Gasteiger partial charge in [-0.05, 0) is 78.9 Å². The van der Waals surface area contributed by atoms with Crippen molar-refractivity contribution in [1.82, 2.24) is 4.57 Å². The molecule has 7 aromatic carbocycles. The van der Waals surface area contributed by atoms with Crippen LogP contribution in [0.15, 0.2) is 146 Å². The average Bonchev–Trinajstić information content (AvgIpc) is 3.69. The second kappa shape index (κ2) is 8.86. The van der Waals surface area contributed by atoms with E-state index in [0.29, 0.717) is 0 Å². The summed E-state index contributed by atoms with van der Waals surface area (Å²) in [5, 5.41) is 5.10. The summed E-state index contributed by atoms with van der Waals surface area (Å²) in [7, 11) is 0. The SMILES string of the molecule is CC(C)(C)c1ccc2c(c1)C1(c3ccccc3-2)c2ccccc2-c2ccc3c4ccccc4n(-c4ccc5ccccc5c4)c3c21. The van der Waals surface area contributed by atoms with Crippen LogP contribution in [0, 0.1) is 0 Å². The molecule has 0 aliphatic heterocycles. The Hall–Kier alpha value is -5.40. The van der Waals surface area contributed by atoms with Gasteiger partial charge < -0.3 is 4.57 Å². The number of hydrogen-bond donors (Lipinski definition) is 0. The van der Waals surface area contributed by atoms with E-state index in [1.807, 2.05) is 0 Å². The fraction of sp³-hybridized carbons (Fsp3) is 0.111. The van der Waals surface area contributed by atoms with Crippen molar-refractivity contribution in [2.45, 2.75) is 31.6 Å². The molecule has 46 heavy (non-hydrogen) atoms. The number of rotatable bonds is 1. The number of fused-ring (bicyclic) bond motifs is 15. The molecule has 1 nitrogen and oxygen atoms in total. The van der Waals surface area contributed by atoms with Gasteiger partial charge in [-0.3, -0.25) is 0 Å². The van der Waals surface area contributed by atoms with Crippen LogP contribution in [0.1, 0.15) is 48.6 Å². The molecule has 1 heteroatoms. The molecule has 1 unspecified atom stereocenters. The minimum atomic E-state index is -0.443. The van der Waals surface area contributed by atoms with Gasteiger partial charge in [-0.25, -0.2) is 0 Å². The molecule has 0 amide bonds. The van der Waals surface area contributed by atoms with E-state index < -0.39 is 5.41 Å². The maximum absolute atomic E-state index is 2.55. The monoisotopic (exact) mass is 587 g/mol. The molecular formula is C45H33N. The first-order chi connectivity index (χ1) is 22.5. The Balaban J connectivity index is 1.44. The summed E-state index contributed by atoms with van der Waals surface area (Å²) in [5.74, 6) is 0. The largest absolute Gasteiger partial charge is 0.309 e. The van der Waals surface area contributed by atoms with Crippen molar-refractivity contribution in [3.63, 3.8) is 0 Å². The second-order valence-electron chi connectivity index (χ2n) is 14.1. The summed E-state index contributed by atoms with van der Waals surface area (Å²) >= 11 is 0. The van der Waals surface area contributed by atoms with Gasteiger partial charge in [0.1, 0.15) is 0 Å². The van der Waals surface area contributed by atoms with Gasteiger partial charge in [0.2, 0.25) is 0 Å². The highest BCUT2D eigenvalue weighted by molar-refractivity contribution is 6.14. The lowest BCUT2D eigenvalue weighted by Gasteiger charge is -2.32. The third-order valence-electron chi connectivity index (χ3n) is 10.7. The Labute approximate surface area is 269 Å². The van der Waals surface area contributed by atoms with Gasteiger partial charge in [-0.1, -0.05) is 148 Å². The van der Waals surface area contributed by atoms with Crippen LogP contribution in [-0.4, -0.2) is 4.57 Å². The van der Waals surface area contributed by atoms with E-state index in [1.54, 1.807) is 0 Å². The van der Waals surface area contributed by atoms with Crippen molar-refractivity contribution >= 4 is 32.6 Å². The topological polar surface area (TPSA) is 4.93 Å². The number of nitrogens with zero attached hydrogens (tertiary/aromatic N) is 1. The fourth-order valence-electron chi connectivity index (χ4n) is 8.73. The van der Waals surface area contributed by atoms with Crippen molar-refractivity contribution in [2.24, 2.45) is 0 Å². The molecule has 0 fully saturated rings. The Morgan fingerprint density at radius 1 is 0.478 bits per heavy atom. The molecule has 0 saturated carbocycles. The molecular weight excluding hydrogens is 555 g/mol. The smallest absolute Gasteiger partial charge is 0.0746 e. The van der Waals surface area contributed by atoms with E-state index in [2.05, 4.69) is 171 Å². The zero-order valence-electron chi connectivity index (χ0n) is 26.3. The summed E-state index contributed by atoms with van der Waals surface area (Å²) in [4.78, 5) is 0. The molecule has 1 aromatic heterocycles. The van der Waals surface area contributed by atoms with E-state index >= 15 is 0 Å². The zero-order chi connectivity index (χ0) is 30.8. The molecule has 0 bridgehead atoms. The lowest BCUT2D eigenvalue weighted by atomic mass is 9.69. The van der Waals surface area contributed by atoms with Crippen molar-refractivity contribution < 1.29 is 0 Å². The summed E-state index contributed by atoms with van der Waals surface area (Å²) in [6, 6.07) is 54.9. The van der Waals surface area contributed by atoms with Crippen LogP contribution in [0.4, 0.5) is 0 Å². The van der Waals surface area contributed by atoms with Gasteiger partial charge in [-0.2, -0.15) is 0 Å². The molecule has 218 valence electrons. The molecule has 0 saturated heterocycles. The van der Waals surface area contributed by atoms with E-state index in [9.17, 15) is 0 Å². The van der Waals surface area contributed by atoms with Gasteiger partial charge in [-0.15, -0.1) is 0 Å². The molecule has 10 rings (SSSR count). The number of aromatic nitrogens is 1. The van der Waals surface area contributed by atoms with Gasteiger partial charge in [0.15, 0.2) is 0 Å². The van der Waals surface area contributed by atoms with Crippen molar-refractivity contribution in [1.29, 1.82) is 0 Å². The van der Waals surface area contributed by atoms with Gasteiger partial charge in [0, 0.05) is 22.0 Å². The second-order valence-corrected chi connectivity index (χ2v) is 14.1. The molecule has 0 radical (unpaired) electrons. The Morgan fingerprint density at radius 3 is 1.89 bits per heavy atom. The summed E-state index contributed by atoms with van der Waals surface area (Å²) < 4.78 is 2.55. The van der Waals surface area contributed by atoms with Crippen molar-refractivity contribution in [3.8, 4) is 27.9 Å². The third kappa shape index (κ3) is 3.15. The van der Waals surface area contributed by atoms with Crippen molar-refractivity contribution in [2.75, 3.05) is 0 Å². The normalized spacial score (nSPS) is 16.2. The van der Waals surface area contributed by atoms with Crippen LogP contribution in [-0.2, 0) is 10.8 Å². The highest BCUT2D eigenvalue weighted by Crippen LogP contribution is 2.64. The third-order valence-corrected chi connectivity index (χ3v) is 10.7. The van der Waals surface area contributed by atoms with E-state index in [1.165, 1.54) is 88.3 Å². The minimum Gasteiger partial charge on any atom is -0.309 e. The predicted molar refractivity (Wildman–Crippen MR) is 193 cm³/mol. The quantitative estimate of drug-likeness (QED) is 0.180. The van der Waals surface area contributed by atoms with Crippen LogP contribution < -0.4 is 0 Å². The summed E-state index contributed by atoms with van der Waals surface area (Å²) in [6.45, 7) is 6.99. The van der Waals surface area contributed by atoms with Crippen LogP contribution in [0.2, 0.25) is 0 Å². The molecule has 8 aromatic rings. The van der Waals surface area contributed by atoms with Crippen LogP contribution in [0.25, 0.3) is 60.5 Å².